The molecular weight excluding hydrogens is 401 g/mol. The molecule has 0 aromatic heterocycles. The molecule has 7 nitrogen and oxygen atoms in total. The highest BCUT2D eigenvalue weighted by Crippen LogP contribution is 2.46. The number of carbonyl (C=O) groups excluding carboxylic acids is 4. The Kier molecular flexibility index (Phi) is 5.81. The molecule has 0 bridgehead atoms. The fraction of sp³-hybridized carbons (Fsp3) is 0.565. The highest BCUT2D eigenvalue weighted by atomic mass is 19.1. The lowest BCUT2D eigenvalue weighted by Crippen LogP contribution is -2.50. The van der Waals surface area contributed by atoms with Crippen LogP contribution in [-0.4, -0.2) is 48.7 Å². The minimum Gasteiger partial charge on any atom is -0.339 e. The summed E-state index contributed by atoms with van der Waals surface area (Å²) in [4.78, 5) is 50.9. The Morgan fingerprint density at radius 3 is 2.42 bits per heavy atom. The van der Waals surface area contributed by atoms with E-state index in [9.17, 15) is 23.6 Å². The monoisotopic (exact) mass is 429 g/mol. The summed E-state index contributed by atoms with van der Waals surface area (Å²) in [6.45, 7) is 2.99. The van der Waals surface area contributed by atoms with Crippen molar-refractivity contribution in [3.05, 3.63) is 29.1 Å². The maximum Gasteiger partial charge on any atom is 0.328 e. The Balaban J connectivity index is 1.48. The molecule has 166 valence electrons. The standard InChI is InChI=1S/C23H28FN3O4/c1-15-12-18(24)17(13-19(15)27-9-4-20(29)25-22(27)31)21(30)26-10-7-23(8-11-26)5-2-16(14-28)3-6-23/h12-14,16H,2-11H2,1H3,(H,25,29,31). The van der Waals surface area contributed by atoms with Gasteiger partial charge in [-0.2, -0.15) is 0 Å². The maximum absolute atomic E-state index is 14.7. The smallest absolute Gasteiger partial charge is 0.328 e. The zero-order valence-electron chi connectivity index (χ0n) is 17.8. The normalized spacial score (nSPS) is 21.9. The molecule has 4 amide bonds. The summed E-state index contributed by atoms with van der Waals surface area (Å²) in [5, 5.41) is 2.26. The van der Waals surface area contributed by atoms with E-state index in [0.29, 0.717) is 24.3 Å². The van der Waals surface area contributed by atoms with Gasteiger partial charge in [0.15, 0.2) is 0 Å². The number of nitrogens with one attached hydrogen (secondary N) is 1. The lowest BCUT2D eigenvalue weighted by molar-refractivity contribution is -0.120. The average Bonchev–Trinajstić information content (AvgIpc) is 2.75. The van der Waals surface area contributed by atoms with E-state index < -0.39 is 11.8 Å². The summed E-state index contributed by atoms with van der Waals surface area (Å²) in [6, 6.07) is 2.15. The van der Waals surface area contributed by atoms with Crippen molar-refractivity contribution < 1.29 is 23.6 Å². The third kappa shape index (κ3) is 4.20. The number of aryl methyl sites for hydroxylation is 1. The second-order valence-corrected chi connectivity index (χ2v) is 9.14. The zero-order valence-corrected chi connectivity index (χ0v) is 17.8. The molecule has 2 heterocycles. The molecule has 0 unspecified atom stereocenters. The van der Waals surface area contributed by atoms with E-state index in [4.69, 9.17) is 0 Å². The number of amides is 4. The molecule has 0 atom stereocenters. The summed E-state index contributed by atoms with van der Waals surface area (Å²) in [5.74, 6) is -1.16. The number of urea groups is 1. The van der Waals surface area contributed by atoms with Gasteiger partial charge in [-0.05, 0) is 68.6 Å². The number of benzene rings is 1. The molecule has 1 aliphatic carbocycles. The predicted octanol–water partition coefficient (Wildman–Crippen LogP) is 3.19. The van der Waals surface area contributed by atoms with Crippen LogP contribution in [0.4, 0.5) is 14.9 Å². The zero-order chi connectivity index (χ0) is 22.2. The molecule has 1 N–H and O–H groups in total. The van der Waals surface area contributed by atoms with Crippen molar-refractivity contribution in [3.8, 4) is 0 Å². The topological polar surface area (TPSA) is 86.8 Å². The van der Waals surface area contributed by atoms with Crippen LogP contribution < -0.4 is 10.2 Å². The molecule has 4 rings (SSSR count). The number of hydrogen-bond acceptors (Lipinski definition) is 4. The van der Waals surface area contributed by atoms with Crippen LogP contribution in [0.5, 0.6) is 0 Å². The lowest BCUT2D eigenvalue weighted by atomic mass is 9.65. The minimum atomic E-state index is -0.605. The van der Waals surface area contributed by atoms with Gasteiger partial charge < -0.3 is 9.69 Å². The van der Waals surface area contributed by atoms with Crippen LogP contribution in [-0.2, 0) is 9.59 Å². The van der Waals surface area contributed by atoms with E-state index in [0.717, 1.165) is 44.8 Å². The number of nitrogens with zero attached hydrogens (tertiary/aromatic N) is 2. The summed E-state index contributed by atoms with van der Waals surface area (Å²) in [7, 11) is 0. The molecule has 3 fully saturated rings. The number of anilines is 1. The minimum absolute atomic E-state index is 0.0501. The molecule has 1 aromatic carbocycles. The second kappa shape index (κ2) is 8.40. The van der Waals surface area contributed by atoms with E-state index in [1.54, 1.807) is 11.8 Å². The summed E-state index contributed by atoms with van der Waals surface area (Å²) in [6.07, 6.45) is 6.77. The fourth-order valence-electron chi connectivity index (χ4n) is 5.15. The molecule has 8 heteroatoms. The Morgan fingerprint density at radius 1 is 1.13 bits per heavy atom. The van der Waals surface area contributed by atoms with Crippen LogP contribution in [0, 0.1) is 24.1 Å². The summed E-state index contributed by atoms with van der Waals surface area (Å²) in [5.41, 5.74) is 1.11. The molecule has 0 radical (unpaired) electrons. The molecule has 3 aliphatic rings. The molecular formula is C23H28FN3O4. The number of aldehydes is 1. The van der Waals surface area contributed by atoms with Crippen LogP contribution in [0.3, 0.4) is 0 Å². The first kappa shape index (κ1) is 21.5. The number of halogens is 1. The first-order valence-electron chi connectivity index (χ1n) is 11.0. The van der Waals surface area contributed by atoms with E-state index in [2.05, 4.69) is 5.32 Å². The number of carbonyl (C=O) groups is 4. The first-order chi connectivity index (χ1) is 14.8. The van der Waals surface area contributed by atoms with Crippen LogP contribution >= 0.6 is 0 Å². The number of hydrogen-bond donors (Lipinski definition) is 1. The molecule has 1 saturated carbocycles. The summed E-state index contributed by atoms with van der Waals surface area (Å²) < 4.78 is 14.7. The quantitative estimate of drug-likeness (QED) is 0.748. The van der Waals surface area contributed by atoms with Crippen LogP contribution in [0.1, 0.15) is 60.9 Å². The first-order valence-corrected chi connectivity index (χ1v) is 11.0. The van der Waals surface area contributed by atoms with E-state index >= 15 is 0 Å². The van der Waals surface area contributed by atoms with Crippen molar-refractivity contribution >= 4 is 29.8 Å². The largest absolute Gasteiger partial charge is 0.339 e. The maximum atomic E-state index is 14.7. The number of likely N-dealkylation sites (tertiary alicyclic amines) is 1. The molecule has 2 saturated heterocycles. The Morgan fingerprint density at radius 2 is 1.81 bits per heavy atom. The third-order valence-electron chi connectivity index (χ3n) is 7.26. The highest BCUT2D eigenvalue weighted by molar-refractivity contribution is 6.06. The number of piperidine rings is 1. The SMILES string of the molecule is Cc1cc(F)c(C(=O)N2CCC3(CCC(C=O)CC3)CC2)cc1N1CCC(=O)NC1=O. The van der Waals surface area contributed by atoms with Crippen LogP contribution in [0.15, 0.2) is 12.1 Å². The molecule has 31 heavy (non-hydrogen) atoms. The van der Waals surface area contributed by atoms with Gasteiger partial charge in [-0.15, -0.1) is 0 Å². The van der Waals surface area contributed by atoms with E-state index in [-0.39, 0.29) is 41.7 Å². The Labute approximate surface area is 180 Å². The predicted molar refractivity (Wildman–Crippen MR) is 112 cm³/mol. The van der Waals surface area contributed by atoms with Gasteiger partial charge >= 0.3 is 6.03 Å². The lowest BCUT2D eigenvalue weighted by Gasteiger charge is -2.45. The highest BCUT2D eigenvalue weighted by Gasteiger charge is 2.39. The van der Waals surface area contributed by atoms with E-state index in [1.165, 1.54) is 17.0 Å². The van der Waals surface area contributed by atoms with Gasteiger partial charge in [-0.25, -0.2) is 9.18 Å². The fourth-order valence-corrected chi connectivity index (χ4v) is 5.15. The van der Waals surface area contributed by atoms with Crippen LogP contribution in [0.25, 0.3) is 0 Å². The van der Waals surface area contributed by atoms with Gasteiger partial charge in [0.1, 0.15) is 12.1 Å². The van der Waals surface area contributed by atoms with Gasteiger partial charge in [0.05, 0.1) is 5.56 Å². The van der Waals surface area contributed by atoms with E-state index in [1.807, 2.05) is 0 Å². The van der Waals surface area contributed by atoms with Crippen molar-refractivity contribution in [2.24, 2.45) is 11.3 Å². The molecule has 1 aromatic rings. The van der Waals surface area contributed by atoms with Gasteiger partial charge in [-0.1, -0.05) is 0 Å². The average molecular weight is 429 g/mol. The summed E-state index contributed by atoms with van der Waals surface area (Å²) >= 11 is 0. The third-order valence-corrected chi connectivity index (χ3v) is 7.26. The van der Waals surface area contributed by atoms with Crippen molar-refractivity contribution in [2.75, 3.05) is 24.5 Å². The number of imide groups is 1. The van der Waals surface area contributed by atoms with Gasteiger partial charge in [0.2, 0.25) is 5.91 Å². The van der Waals surface area contributed by atoms with Gasteiger partial charge in [0.25, 0.3) is 5.91 Å². The van der Waals surface area contributed by atoms with Gasteiger partial charge in [-0.3, -0.25) is 19.8 Å². The van der Waals surface area contributed by atoms with Crippen LogP contribution in [0.2, 0.25) is 0 Å². The van der Waals surface area contributed by atoms with Crippen molar-refractivity contribution in [1.82, 2.24) is 10.2 Å². The van der Waals surface area contributed by atoms with Crippen molar-refractivity contribution in [3.63, 3.8) is 0 Å². The Hall–Kier alpha value is -2.77. The number of rotatable bonds is 3. The second-order valence-electron chi connectivity index (χ2n) is 9.14. The van der Waals surface area contributed by atoms with Gasteiger partial charge in [0, 0.05) is 37.7 Å². The Bertz CT molecular complexity index is 914. The van der Waals surface area contributed by atoms with Crippen molar-refractivity contribution in [1.29, 1.82) is 0 Å². The molecule has 2 aliphatic heterocycles. The van der Waals surface area contributed by atoms with Crippen molar-refractivity contribution in [2.45, 2.75) is 51.9 Å². The molecule has 1 spiro atoms.